The highest BCUT2D eigenvalue weighted by molar-refractivity contribution is 5.67. The summed E-state index contributed by atoms with van der Waals surface area (Å²) in [6, 6.07) is 7.40. The van der Waals surface area contributed by atoms with Crippen molar-refractivity contribution < 1.29 is 14.3 Å². The fourth-order valence-electron chi connectivity index (χ4n) is 1.11. The summed E-state index contributed by atoms with van der Waals surface area (Å²) >= 11 is 0. The number of benzene rings is 1. The van der Waals surface area contributed by atoms with Crippen LogP contribution in [0.5, 0.6) is 5.75 Å². The number of amides is 1. The van der Waals surface area contributed by atoms with Gasteiger partial charge in [0, 0.05) is 16.4 Å². The topological polar surface area (TPSA) is 84.3 Å². The second-order valence-corrected chi connectivity index (χ2v) is 2.90. The standard InChI is InChI=1S/C10H11N3O3/c1-15-9-4-2-8(3-5-9)6-7-16-10(14)12-13-11/h2-5H,6-7H2,1H3. The van der Waals surface area contributed by atoms with Crippen molar-refractivity contribution in [2.75, 3.05) is 13.7 Å². The SMILES string of the molecule is COc1ccc(CCOC(=O)N=[N+]=[N-])cc1. The Bertz CT molecular complexity index is 396. The predicted octanol–water partition coefficient (Wildman–Crippen LogP) is 2.68. The van der Waals surface area contributed by atoms with Crippen LogP contribution in [-0.2, 0) is 11.2 Å². The maximum absolute atomic E-state index is 10.7. The number of nitrogens with zero attached hydrogens (tertiary/aromatic N) is 3. The van der Waals surface area contributed by atoms with Gasteiger partial charge in [-0.25, -0.2) is 4.79 Å². The fourth-order valence-corrected chi connectivity index (χ4v) is 1.11. The van der Waals surface area contributed by atoms with Crippen LogP contribution in [0.15, 0.2) is 29.4 Å². The summed E-state index contributed by atoms with van der Waals surface area (Å²) in [4.78, 5) is 13.0. The molecule has 16 heavy (non-hydrogen) atoms. The molecule has 0 atom stereocenters. The smallest absolute Gasteiger partial charge is 0.396 e. The number of carbonyl (C=O) groups is 1. The van der Waals surface area contributed by atoms with Gasteiger partial charge in [0.1, 0.15) is 5.75 Å². The molecule has 0 spiro atoms. The van der Waals surface area contributed by atoms with E-state index in [-0.39, 0.29) is 6.61 Å². The lowest BCUT2D eigenvalue weighted by atomic mass is 10.1. The van der Waals surface area contributed by atoms with E-state index in [0.717, 1.165) is 11.3 Å². The van der Waals surface area contributed by atoms with Gasteiger partial charge in [0.15, 0.2) is 0 Å². The van der Waals surface area contributed by atoms with E-state index < -0.39 is 6.09 Å². The van der Waals surface area contributed by atoms with E-state index in [4.69, 9.17) is 10.3 Å². The number of ether oxygens (including phenoxy) is 2. The molecule has 1 aromatic rings. The van der Waals surface area contributed by atoms with Gasteiger partial charge < -0.3 is 9.47 Å². The van der Waals surface area contributed by atoms with Crippen LogP contribution in [0.2, 0.25) is 0 Å². The number of hydrogen-bond acceptors (Lipinski definition) is 3. The van der Waals surface area contributed by atoms with Gasteiger partial charge in [0.05, 0.1) is 13.7 Å². The highest BCUT2D eigenvalue weighted by atomic mass is 16.5. The molecule has 0 aliphatic carbocycles. The number of rotatable bonds is 4. The quantitative estimate of drug-likeness (QED) is 0.445. The molecule has 0 aromatic heterocycles. The van der Waals surface area contributed by atoms with E-state index in [1.807, 2.05) is 24.3 Å². The Morgan fingerprint density at radius 2 is 2.12 bits per heavy atom. The third-order valence-corrected chi connectivity index (χ3v) is 1.90. The molecule has 0 unspecified atom stereocenters. The van der Waals surface area contributed by atoms with E-state index in [0.29, 0.717) is 6.42 Å². The first-order chi connectivity index (χ1) is 7.76. The molecule has 84 valence electrons. The lowest BCUT2D eigenvalue weighted by Gasteiger charge is -2.03. The van der Waals surface area contributed by atoms with Crippen LogP contribution in [-0.4, -0.2) is 19.8 Å². The summed E-state index contributed by atoms with van der Waals surface area (Å²) in [5.74, 6) is 0.773. The second-order valence-electron chi connectivity index (χ2n) is 2.90. The van der Waals surface area contributed by atoms with Crippen LogP contribution in [0.25, 0.3) is 10.4 Å². The van der Waals surface area contributed by atoms with Crippen LogP contribution in [0.1, 0.15) is 5.56 Å². The van der Waals surface area contributed by atoms with Crippen molar-refractivity contribution in [3.05, 3.63) is 40.3 Å². The Labute approximate surface area is 92.4 Å². The molecule has 0 bridgehead atoms. The van der Waals surface area contributed by atoms with Crippen molar-refractivity contribution in [2.45, 2.75) is 6.42 Å². The molecule has 1 aromatic carbocycles. The molecule has 0 N–H and O–H groups in total. The summed E-state index contributed by atoms with van der Waals surface area (Å²) in [6.07, 6.45) is -0.340. The van der Waals surface area contributed by atoms with Gasteiger partial charge in [-0.2, -0.15) is 0 Å². The molecule has 0 aliphatic rings. The molecule has 6 heteroatoms. The summed E-state index contributed by atoms with van der Waals surface area (Å²) in [7, 11) is 1.59. The van der Waals surface area contributed by atoms with Gasteiger partial charge in [0.2, 0.25) is 0 Å². The molecule has 1 amide bonds. The number of carbonyl (C=O) groups excluding carboxylic acids is 1. The maximum Gasteiger partial charge on any atom is 0.396 e. The van der Waals surface area contributed by atoms with E-state index in [2.05, 4.69) is 14.8 Å². The van der Waals surface area contributed by atoms with Crippen LogP contribution in [0.3, 0.4) is 0 Å². The van der Waals surface area contributed by atoms with Crippen LogP contribution < -0.4 is 4.74 Å². The molecule has 0 radical (unpaired) electrons. The minimum Gasteiger partial charge on any atom is -0.497 e. The van der Waals surface area contributed by atoms with Crippen molar-refractivity contribution >= 4 is 6.09 Å². The Balaban J connectivity index is 2.37. The van der Waals surface area contributed by atoms with Crippen molar-refractivity contribution in [1.82, 2.24) is 0 Å². The van der Waals surface area contributed by atoms with Crippen LogP contribution in [0.4, 0.5) is 4.79 Å². The zero-order chi connectivity index (χ0) is 11.8. The minimum atomic E-state index is -0.906. The molecule has 6 nitrogen and oxygen atoms in total. The first-order valence-electron chi connectivity index (χ1n) is 4.61. The first kappa shape index (κ1) is 11.9. The van der Waals surface area contributed by atoms with E-state index >= 15 is 0 Å². The average Bonchev–Trinajstić information content (AvgIpc) is 2.30. The van der Waals surface area contributed by atoms with Crippen molar-refractivity contribution in [1.29, 1.82) is 0 Å². The first-order valence-corrected chi connectivity index (χ1v) is 4.61. The van der Waals surface area contributed by atoms with Crippen molar-refractivity contribution in [3.8, 4) is 5.75 Å². The molecule has 0 fully saturated rings. The Morgan fingerprint density at radius 1 is 1.44 bits per heavy atom. The number of azide groups is 1. The van der Waals surface area contributed by atoms with Gasteiger partial charge in [-0.15, -0.1) is 0 Å². The molecule has 0 saturated carbocycles. The van der Waals surface area contributed by atoms with E-state index in [1.54, 1.807) is 7.11 Å². The Hall–Kier alpha value is -2.20. The molecule has 1 rings (SSSR count). The molecular weight excluding hydrogens is 210 g/mol. The minimum absolute atomic E-state index is 0.185. The van der Waals surface area contributed by atoms with Gasteiger partial charge in [-0.3, -0.25) is 0 Å². The van der Waals surface area contributed by atoms with E-state index in [9.17, 15) is 4.79 Å². The van der Waals surface area contributed by atoms with Crippen LogP contribution in [0, 0.1) is 0 Å². The summed E-state index contributed by atoms with van der Waals surface area (Å²) in [5, 5.41) is 2.78. The lowest BCUT2D eigenvalue weighted by Crippen LogP contribution is -2.02. The molecular formula is C10H11N3O3. The number of methoxy groups -OCH3 is 1. The molecule has 0 saturated heterocycles. The zero-order valence-corrected chi connectivity index (χ0v) is 8.79. The third-order valence-electron chi connectivity index (χ3n) is 1.90. The average molecular weight is 221 g/mol. The van der Waals surface area contributed by atoms with Gasteiger partial charge in [-0.05, 0) is 23.2 Å². The van der Waals surface area contributed by atoms with E-state index in [1.165, 1.54) is 0 Å². The third kappa shape index (κ3) is 3.89. The molecule has 0 aliphatic heterocycles. The van der Waals surface area contributed by atoms with Gasteiger partial charge in [-0.1, -0.05) is 12.1 Å². The lowest BCUT2D eigenvalue weighted by molar-refractivity contribution is 0.158. The maximum atomic E-state index is 10.7. The highest BCUT2D eigenvalue weighted by Gasteiger charge is 1.99. The monoisotopic (exact) mass is 221 g/mol. The normalized spacial score (nSPS) is 9.06. The molecule has 0 heterocycles. The van der Waals surface area contributed by atoms with Gasteiger partial charge in [0.25, 0.3) is 0 Å². The predicted molar refractivity (Wildman–Crippen MR) is 57.2 cm³/mol. The summed E-state index contributed by atoms with van der Waals surface area (Å²) in [6.45, 7) is 0.185. The van der Waals surface area contributed by atoms with Crippen LogP contribution >= 0.6 is 0 Å². The van der Waals surface area contributed by atoms with Crippen molar-refractivity contribution in [3.63, 3.8) is 0 Å². The second kappa shape index (κ2) is 6.31. The Kier molecular flexibility index (Phi) is 4.69. The fraction of sp³-hybridized carbons (Fsp3) is 0.300. The Morgan fingerprint density at radius 3 is 2.69 bits per heavy atom. The van der Waals surface area contributed by atoms with Gasteiger partial charge >= 0.3 is 6.09 Å². The highest BCUT2D eigenvalue weighted by Crippen LogP contribution is 2.11. The largest absolute Gasteiger partial charge is 0.497 e. The summed E-state index contributed by atoms with van der Waals surface area (Å²) < 4.78 is 9.66. The zero-order valence-electron chi connectivity index (χ0n) is 8.79. The number of hydrogen-bond donors (Lipinski definition) is 0. The summed E-state index contributed by atoms with van der Waals surface area (Å²) in [5.41, 5.74) is 8.96. The van der Waals surface area contributed by atoms with Crippen molar-refractivity contribution in [2.24, 2.45) is 5.11 Å².